The zero-order valence-corrected chi connectivity index (χ0v) is 13.5. The van der Waals surface area contributed by atoms with Crippen molar-refractivity contribution in [2.75, 3.05) is 12.3 Å². The molecule has 1 aromatic carbocycles. The van der Waals surface area contributed by atoms with E-state index in [1.54, 1.807) is 6.07 Å². The predicted octanol–water partition coefficient (Wildman–Crippen LogP) is 2.83. The van der Waals surface area contributed by atoms with Gasteiger partial charge in [-0.05, 0) is 23.6 Å². The molecule has 0 saturated carbocycles. The molecular formula is C15H12N4O2S2. The lowest BCUT2D eigenvalue weighted by Crippen LogP contribution is -2.27. The highest BCUT2D eigenvalue weighted by atomic mass is 32.2. The predicted molar refractivity (Wildman–Crippen MR) is 93.3 cm³/mol. The van der Waals surface area contributed by atoms with Crippen molar-refractivity contribution in [3.8, 4) is 16.5 Å². The van der Waals surface area contributed by atoms with Gasteiger partial charge in [0, 0.05) is 5.75 Å². The van der Waals surface area contributed by atoms with Crippen LogP contribution in [0, 0.1) is 0 Å². The second kappa shape index (κ2) is 5.71. The molecule has 3 aromatic rings. The number of carbonyl (C=O) groups is 1. The first-order valence-electron chi connectivity index (χ1n) is 6.96. The van der Waals surface area contributed by atoms with Gasteiger partial charge in [-0.3, -0.25) is 9.79 Å². The summed E-state index contributed by atoms with van der Waals surface area (Å²) in [6, 6.07) is 6.93. The molecule has 0 aliphatic carbocycles. The van der Waals surface area contributed by atoms with E-state index in [2.05, 4.69) is 20.3 Å². The van der Waals surface area contributed by atoms with Crippen LogP contribution < -0.4 is 5.32 Å². The van der Waals surface area contributed by atoms with E-state index >= 15 is 0 Å². The lowest BCUT2D eigenvalue weighted by molar-refractivity contribution is 0.0979. The SMILES string of the molecule is O=C(NC1=NCCS1)c1ccc(O)c2[nH]c(-c3cccs3)nc12. The average molecular weight is 344 g/mol. The number of aliphatic imine (C=N–C) groups is 1. The molecule has 6 nitrogen and oxygen atoms in total. The van der Waals surface area contributed by atoms with Crippen molar-refractivity contribution in [1.29, 1.82) is 0 Å². The van der Waals surface area contributed by atoms with Crippen molar-refractivity contribution < 1.29 is 9.90 Å². The van der Waals surface area contributed by atoms with Crippen molar-refractivity contribution in [3.05, 3.63) is 35.2 Å². The van der Waals surface area contributed by atoms with Crippen LogP contribution >= 0.6 is 23.1 Å². The Hall–Kier alpha value is -2.32. The number of H-pyrrole nitrogens is 1. The fourth-order valence-corrected chi connectivity index (χ4v) is 3.76. The number of aromatic nitrogens is 2. The number of amidine groups is 1. The van der Waals surface area contributed by atoms with Gasteiger partial charge in [-0.15, -0.1) is 11.3 Å². The Bertz CT molecular complexity index is 915. The number of benzene rings is 1. The Labute approximate surface area is 139 Å². The number of hydrogen-bond donors (Lipinski definition) is 3. The Balaban J connectivity index is 1.77. The first kappa shape index (κ1) is 14.3. The van der Waals surface area contributed by atoms with E-state index in [-0.39, 0.29) is 11.7 Å². The molecule has 23 heavy (non-hydrogen) atoms. The highest BCUT2D eigenvalue weighted by Crippen LogP contribution is 2.30. The Morgan fingerprint density at radius 1 is 1.35 bits per heavy atom. The Morgan fingerprint density at radius 3 is 3.00 bits per heavy atom. The molecule has 8 heteroatoms. The third kappa shape index (κ3) is 2.60. The largest absolute Gasteiger partial charge is 0.506 e. The molecule has 1 aliphatic rings. The standard InChI is InChI=1S/C15H12N4O2S2/c20-9-4-3-8(14(21)19-15-16-5-7-23-15)11-12(9)18-13(17-11)10-2-1-6-22-10/h1-4,6,20H,5,7H2,(H,17,18)(H,16,19,21). The molecule has 0 spiro atoms. The summed E-state index contributed by atoms with van der Waals surface area (Å²) in [5, 5.41) is 15.4. The lowest BCUT2D eigenvalue weighted by atomic mass is 10.1. The monoisotopic (exact) mass is 344 g/mol. The summed E-state index contributed by atoms with van der Waals surface area (Å²) in [5.74, 6) is 1.32. The van der Waals surface area contributed by atoms with Gasteiger partial charge in [0.1, 0.15) is 22.6 Å². The minimum atomic E-state index is -0.271. The zero-order chi connectivity index (χ0) is 15.8. The number of hydrogen-bond acceptors (Lipinski definition) is 6. The zero-order valence-electron chi connectivity index (χ0n) is 11.9. The molecule has 0 atom stereocenters. The second-order valence-corrected chi connectivity index (χ2v) is 6.94. The number of rotatable bonds is 2. The van der Waals surface area contributed by atoms with Crippen molar-refractivity contribution in [3.63, 3.8) is 0 Å². The normalized spacial score (nSPS) is 14.2. The van der Waals surface area contributed by atoms with Crippen LogP contribution in [0.3, 0.4) is 0 Å². The number of thioether (sulfide) groups is 1. The molecular weight excluding hydrogens is 332 g/mol. The summed E-state index contributed by atoms with van der Waals surface area (Å²) in [7, 11) is 0. The fourth-order valence-electron chi connectivity index (χ4n) is 2.37. The van der Waals surface area contributed by atoms with Gasteiger partial charge in [0.2, 0.25) is 0 Å². The van der Waals surface area contributed by atoms with Crippen molar-refractivity contribution in [2.24, 2.45) is 4.99 Å². The fraction of sp³-hybridized carbons (Fsp3) is 0.133. The molecule has 0 bridgehead atoms. The van der Waals surface area contributed by atoms with Gasteiger partial charge in [0.25, 0.3) is 5.91 Å². The minimum Gasteiger partial charge on any atom is -0.506 e. The topological polar surface area (TPSA) is 90.4 Å². The maximum absolute atomic E-state index is 12.5. The van der Waals surface area contributed by atoms with Crippen LogP contribution in [0.5, 0.6) is 5.75 Å². The number of carbonyl (C=O) groups excluding carboxylic acids is 1. The summed E-state index contributed by atoms with van der Waals surface area (Å²) in [6.45, 7) is 0.718. The maximum Gasteiger partial charge on any atom is 0.259 e. The molecule has 0 fully saturated rings. The molecule has 3 heterocycles. The van der Waals surface area contributed by atoms with Crippen LogP contribution in [0.25, 0.3) is 21.7 Å². The molecule has 0 radical (unpaired) electrons. The van der Waals surface area contributed by atoms with Crippen LogP contribution in [-0.4, -0.2) is 38.4 Å². The van der Waals surface area contributed by atoms with Gasteiger partial charge in [-0.1, -0.05) is 17.8 Å². The van der Waals surface area contributed by atoms with E-state index in [9.17, 15) is 9.90 Å². The number of nitrogens with zero attached hydrogens (tertiary/aromatic N) is 2. The van der Waals surface area contributed by atoms with E-state index in [4.69, 9.17) is 0 Å². The van der Waals surface area contributed by atoms with Crippen LogP contribution in [0.2, 0.25) is 0 Å². The van der Waals surface area contributed by atoms with Gasteiger partial charge < -0.3 is 15.4 Å². The van der Waals surface area contributed by atoms with Crippen molar-refractivity contribution in [1.82, 2.24) is 15.3 Å². The summed E-state index contributed by atoms with van der Waals surface area (Å²) < 4.78 is 0. The summed E-state index contributed by atoms with van der Waals surface area (Å²) in [6.07, 6.45) is 0. The Morgan fingerprint density at radius 2 is 2.26 bits per heavy atom. The molecule has 1 aliphatic heterocycles. The molecule has 0 unspecified atom stereocenters. The van der Waals surface area contributed by atoms with Gasteiger partial charge in [-0.25, -0.2) is 4.98 Å². The number of aromatic amines is 1. The smallest absolute Gasteiger partial charge is 0.259 e. The van der Waals surface area contributed by atoms with Gasteiger partial charge in [0.15, 0.2) is 5.17 Å². The molecule has 4 rings (SSSR count). The average Bonchev–Trinajstić information content (AvgIpc) is 3.28. The number of thiophene rings is 1. The third-order valence-corrected chi connectivity index (χ3v) is 5.20. The summed E-state index contributed by atoms with van der Waals surface area (Å²) in [4.78, 5) is 25.2. The van der Waals surface area contributed by atoms with E-state index in [0.29, 0.717) is 27.6 Å². The number of aromatic hydroxyl groups is 1. The number of nitrogens with one attached hydrogen (secondary N) is 2. The third-order valence-electron chi connectivity index (χ3n) is 3.43. The van der Waals surface area contributed by atoms with Crippen molar-refractivity contribution in [2.45, 2.75) is 0 Å². The number of amides is 1. The van der Waals surface area contributed by atoms with E-state index in [1.165, 1.54) is 29.2 Å². The lowest BCUT2D eigenvalue weighted by Gasteiger charge is -2.05. The maximum atomic E-state index is 12.5. The van der Waals surface area contributed by atoms with Crippen LogP contribution in [0.1, 0.15) is 10.4 Å². The molecule has 1 amide bonds. The van der Waals surface area contributed by atoms with E-state index < -0.39 is 0 Å². The van der Waals surface area contributed by atoms with Crippen molar-refractivity contribution >= 4 is 45.2 Å². The van der Waals surface area contributed by atoms with Crippen LogP contribution in [0.15, 0.2) is 34.6 Å². The van der Waals surface area contributed by atoms with E-state index in [1.807, 2.05) is 17.5 Å². The quantitative estimate of drug-likeness (QED) is 0.667. The molecule has 0 saturated heterocycles. The minimum absolute atomic E-state index is 0.0689. The van der Waals surface area contributed by atoms with Gasteiger partial charge in [0.05, 0.1) is 17.0 Å². The number of fused-ring (bicyclic) bond motifs is 1. The first-order chi connectivity index (χ1) is 11.2. The Kier molecular flexibility index (Phi) is 3.55. The molecule has 2 aromatic heterocycles. The van der Waals surface area contributed by atoms with Crippen LogP contribution in [0.4, 0.5) is 0 Å². The first-order valence-corrected chi connectivity index (χ1v) is 8.83. The number of phenols is 1. The summed E-state index contributed by atoms with van der Waals surface area (Å²) >= 11 is 3.06. The highest BCUT2D eigenvalue weighted by Gasteiger charge is 2.19. The second-order valence-electron chi connectivity index (χ2n) is 4.91. The number of phenolic OH excluding ortho intramolecular Hbond substituents is 1. The number of imidazole rings is 1. The molecule has 3 N–H and O–H groups in total. The highest BCUT2D eigenvalue weighted by molar-refractivity contribution is 8.14. The summed E-state index contributed by atoms with van der Waals surface area (Å²) in [5.41, 5.74) is 1.32. The van der Waals surface area contributed by atoms with Gasteiger partial charge >= 0.3 is 0 Å². The van der Waals surface area contributed by atoms with Crippen LogP contribution in [-0.2, 0) is 0 Å². The van der Waals surface area contributed by atoms with E-state index in [0.717, 1.165) is 17.2 Å². The molecule has 116 valence electrons. The van der Waals surface area contributed by atoms with Gasteiger partial charge in [-0.2, -0.15) is 0 Å².